The van der Waals surface area contributed by atoms with E-state index in [1.165, 1.54) is 4.90 Å². The molecule has 0 bridgehead atoms. The van der Waals surface area contributed by atoms with Crippen LogP contribution in [0.25, 0.3) is 0 Å². The highest BCUT2D eigenvalue weighted by molar-refractivity contribution is 9.10. The Hall–Kier alpha value is -0.230. The van der Waals surface area contributed by atoms with Crippen LogP contribution >= 0.6 is 27.9 Å². The summed E-state index contributed by atoms with van der Waals surface area (Å²) in [5.41, 5.74) is 0. The van der Waals surface area contributed by atoms with Gasteiger partial charge in [0.05, 0.1) is 13.2 Å². The second-order valence-electron chi connectivity index (χ2n) is 4.25. The highest BCUT2D eigenvalue weighted by Crippen LogP contribution is 2.34. The van der Waals surface area contributed by atoms with Crippen LogP contribution in [0, 0.1) is 0 Å². The van der Waals surface area contributed by atoms with E-state index < -0.39 is 0 Å². The molecule has 18 heavy (non-hydrogen) atoms. The third kappa shape index (κ3) is 3.63. The number of benzene rings is 1. The summed E-state index contributed by atoms with van der Waals surface area (Å²) in [5, 5.41) is 0. The van der Waals surface area contributed by atoms with Crippen LogP contribution in [-0.4, -0.2) is 37.7 Å². The molecule has 1 aromatic carbocycles. The molecule has 0 atom stereocenters. The maximum atomic E-state index is 5.38. The number of nitrogens with zero attached hydrogens (tertiary/aromatic N) is 1. The molecular formula is C13H18BrNO2S. The summed E-state index contributed by atoms with van der Waals surface area (Å²) < 4.78 is 14.1. The summed E-state index contributed by atoms with van der Waals surface area (Å²) in [7, 11) is 3.49. The first-order valence-electron chi connectivity index (χ1n) is 6.02. The normalized spacial score (nSPS) is 17.9. The molecule has 1 saturated heterocycles. The van der Waals surface area contributed by atoms with Gasteiger partial charge in [-0.25, -0.2) is 4.31 Å². The van der Waals surface area contributed by atoms with Crippen molar-refractivity contribution in [3.63, 3.8) is 0 Å². The van der Waals surface area contributed by atoms with Gasteiger partial charge in [0, 0.05) is 29.6 Å². The van der Waals surface area contributed by atoms with Gasteiger partial charge in [-0.1, -0.05) is 0 Å². The minimum absolute atomic E-state index is 0.426. The molecule has 5 heteroatoms. The Bertz CT molecular complexity index is 395. The fourth-order valence-electron chi connectivity index (χ4n) is 1.98. The van der Waals surface area contributed by atoms with E-state index in [-0.39, 0.29) is 0 Å². The van der Waals surface area contributed by atoms with Gasteiger partial charge < -0.3 is 9.47 Å². The molecule has 0 aliphatic carbocycles. The van der Waals surface area contributed by atoms with E-state index in [1.807, 2.05) is 12.1 Å². The van der Waals surface area contributed by atoms with E-state index in [4.69, 9.17) is 9.47 Å². The quantitative estimate of drug-likeness (QED) is 0.786. The fourth-order valence-corrected chi connectivity index (χ4v) is 3.44. The smallest absolute Gasteiger partial charge is 0.120 e. The number of methoxy groups -OCH3 is 2. The van der Waals surface area contributed by atoms with Gasteiger partial charge in [0.15, 0.2) is 0 Å². The van der Waals surface area contributed by atoms with Gasteiger partial charge in [0.1, 0.15) is 5.75 Å². The van der Waals surface area contributed by atoms with Gasteiger partial charge in [-0.05, 0) is 58.9 Å². The van der Waals surface area contributed by atoms with Crippen LogP contribution in [-0.2, 0) is 4.74 Å². The molecule has 0 radical (unpaired) electrons. The zero-order valence-corrected chi connectivity index (χ0v) is 13.1. The molecule has 1 aliphatic heterocycles. The zero-order valence-electron chi connectivity index (χ0n) is 10.7. The fraction of sp³-hybridized carbons (Fsp3) is 0.538. The van der Waals surface area contributed by atoms with Crippen molar-refractivity contribution in [2.45, 2.75) is 23.8 Å². The number of rotatable bonds is 4. The second kappa shape index (κ2) is 6.80. The first kappa shape index (κ1) is 14.2. The lowest BCUT2D eigenvalue weighted by Gasteiger charge is -2.30. The number of hydrogen-bond donors (Lipinski definition) is 0. The molecule has 0 aromatic heterocycles. The number of hydrogen-bond acceptors (Lipinski definition) is 4. The third-order valence-corrected chi connectivity index (χ3v) is 5.21. The predicted molar refractivity (Wildman–Crippen MR) is 78.2 cm³/mol. The molecule has 1 aliphatic rings. The van der Waals surface area contributed by atoms with E-state index in [2.05, 4.69) is 26.3 Å². The minimum Gasteiger partial charge on any atom is -0.497 e. The van der Waals surface area contributed by atoms with Crippen molar-refractivity contribution in [1.82, 2.24) is 4.31 Å². The van der Waals surface area contributed by atoms with Gasteiger partial charge >= 0.3 is 0 Å². The van der Waals surface area contributed by atoms with Crippen molar-refractivity contribution in [2.75, 3.05) is 27.3 Å². The van der Waals surface area contributed by atoms with Crippen molar-refractivity contribution >= 4 is 27.9 Å². The van der Waals surface area contributed by atoms with E-state index in [0.29, 0.717) is 6.10 Å². The van der Waals surface area contributed by atoms with Crippen molar-refractivity contribution < 1.29 is 9.47 Å². The van der Waals surface area contributed by atoms with E-state index >= 15 is 0 Å². The molecule has 1 fully saturated rings. The molecule has 0 amide bonds. The molecule has 100 valence electrons. The lowest BCUT2D eigenvalue weighted by molar-refractivity contribution is 0.0624. The van der Waals surface area contributed by atoms with Crippen LogP contribution in [0.2, 0.25) is 0 Å². The third-order valence-electron chi connectivity index (χ3n) is 3.10. The van der Waals surface area contributed by atoms with Gasteiger partial charge in [-0.2, -0.15) is 0 Å². The summed E-state index contributed by atoms with van der Waals surface area (Å²) in [6.07, 6.45) is 2.63. The highest BCUT2D eigenvalue weighted by Gasteiger charge is 2.20. The zero-order chi connectivity index (χ0) is 13.0. The first-order valence-corrected chi connectivity index (χ1v) is 7.59. The SMILES string of the molecule is COc1ccc(Br)c(SN2CCC(OC)CC2)c1. The molecule has 1 aromatic rings. The molecule has 0 spiro atoms. The minimum atomic E-state index is 0.426. The largest absolute Gasteiger partial charge is 0.497 e. The summed E-state index contributed by atoms with van der Waals surface area (Å²) in [6, 6.07) is 6.06. The average molecular weight is 332 g/mol. The van der Waals surface area contributed by atoms with Crippen LogP contribution in [0.15, 0.2) is 27.6 Å². The Kier molecular flexibility index (Phi) is 5.36. The van der Waals surface area contributed by atoms with Crippen molar-refractivity contribution in [2.24, 2.45) is 0 Å². The van der Waals surface area contributed by atoms with Crippen molar-refractivity contribution in [1.29, 1.82) is 0 Å². The van der Waals surface area contributed by atoms with Crippen LogP contribution in [0.5, 0.6) is 5.75 Å². The van der Waals surface area contributed by atoms with Crippen LogP contribution in [0.4, 0.5) is 0 Å². The van der Waals surface area contributed by atoms with E-state index in [1.54, 1.807) is 26.2 Å². The topological polar surface area (TPSA) is 21.7 Å². The summed E-state index contributed by atoms with van der Waals surface area (Å²) in [5.74, 6) is 0.896. The van der Waals surface area contributed by atoms with Crippen LogP contribution in [0.1, 0.15) is 12.8 Å². The van der Waals surface area contributed by atoms with Gasteiger partial charge in [-0.15, -0.1) is 0 Å². The number of ether oxygens (including phenoxy) is 2. The summed E-state index contributed by atoms with van der Waals surface area (Å²) >= 11 is 5.37. The Balaban J connectivity index is 1.97. The molecule has 0 saturated carbocycles. The Morgan fingerprint density at radius 2 is 2.00 bits per heavy atom. The van der Waals surface area contributed by atoms with Crippen LogP contribution < -0.4 is 4.74 Å². The lowest BCUT2D eigenvalue weighted by Crippen LogP contribution is -2.32. The van der Waals surface area contributed by atoms with E-state index in [0.717, 1.165) is 36.2 Å². The Labute approximate surface area is 121 Å². The van der Waals surface area contributed by atoms with Crippen molar-refractivity contribution in [3.05, 3.63) is 22.7 Å². The monoisotopic (exact) mass is 331 g/mol. The Morgan fingerprint density at radius 3 is 2.61 bits per heavy atom. The molecule has 3 nitrogen and oxygen atoms in total. The molecule has 1 heterocycles. The summed E-state index contributed by atoms with van der Waals surface area (Å²) in [6.45, 7) is 2.12. The lowest BCUT2D eigenvalue weighted by atomic mass is 10.1. The molecule has 0 N–H and O–H groups in total. The Morgan fingerprint density at radius 1 is 1.28 bits per heavy atom. The predicted octanol–water partition coefficient (Wildman–Crippen LogP) is 3.58. The number of piperidine rings is 1. The van der Waals surface area contributed by atoms with Gasteiger partial charge in [0.2, 0.25) is 0 Å². The first-order chi connectivity index (χ1) is 8.72. The maximum Gasteiger partial charge on any atom is 0.120 e. The molecular weight excluding hydrogens is 314 g/mol. The standard InChI is InChI=1S/C13H18BrNO2S/c1-16-10-5-7-15(8-6-10)18-13-9-11(17-2)3-4-12(13)14/h3-4,9-10H,5-8H2,1-2H3. The number of halogens is 1. The molecule has 2 rings (SSSR count). The highest BCUT2D eigenvalue weighted by atomic mass is 79.9. The molecule has 0 unspecified atom stereocenters. The van der Waals surface area contributed by atoms with E-state index in [9.17, 15) is 0 Å². The second-order valence-corrected chi connectivity index (χ2v) is 6.24. The van der Waals surface area contributed by atoms with Crippen molar-refractivity contribution in [3.8, 4) is 5.75 Å². The van der Waals surface area contributed by atoms with Gasteiger partial charge in [0.25, 0.3) is 0 Å². The summed E-state index contributed by atoms with van der Waals surface area (Å²) in [4.78, 5) is 1.20. The van der Waals surface area contributed by atoms with Crippen LogP contribution in [0.3, 0.4) is 0 Å². The average Bonchev–Trinajstić information content (AvgIpc) is 2.42. The van der Waals surface area contributed by atoms with Gasteiger partial charge in [-0.3, -0.25) is 0 Å². The maximum absolute atomic E-state index is 5.38.